The maximum atomic E-state index is 9.78. The van der Waals surface area contributed by atoms with Crippen LogP contribution in [0.5, 0.6) is 0 Å². The molecule has 0 spiro atoms. The molecule has 0 aliphatic rings. The Morgan fingerprint density at radius 2 is 1.00 bits per heavy atom. The van der Waals surface area contributed by atoms with Crippen molar-refractivity contribution in [3.63, 3.8) is 0 Å². The van der Waals surface area contributed by atoms with Gasteiger partial charge in [-0.3, -0.25) is 0 Å². The highest BCUT2D eigenvalue weighted by Crippen LogP contribution is 2.37. The summed E-state index contributed by atoms with van der Waals surface area (Å²) in [5.41, 5.74) is 6.16. The van der Waals surface area contributed by atoms with Gasteiger partial charge in [-0.05, 0) is 85.6 Å². The molecule has 3 heterocycles. The van der Waals surface area contributed by atoms with Crippen LogP contribution in [0.25, 0.3) is 0 Å². The van der Waals surface area contributed by atoms with Crippen molar-refractivity contribution < 1.29 is 0 Å². The van der Waals surface area contributed by atoms with E-state index in [0.717, 1.165) is 6.16 Å². The Kier molecular flexibility index (Phi) is 9.81. The average Bonchev–Trinajstić information content (AvgIpc) is 3.07. The Labute approximate surface area is 248 Å². The molecule has 0 aromatic carbocycles. The summed E-state index contributed by atoms with van der Waals surface area (Å²) in [5, 5.41) is 9.78. The van der Waals surface area contributed by atoms with Gasteiger partial charge in [-0.2, -0.15) is 5.26 Å². The third-order valence-electron chi connectivity index (χ3n) is 8.36. The maximum absolute atomic E-state index is 9.78. The smallest absolute Gasteiger partial charge is 0.123 e. The van der Waals surface area contributed by atoms with E-state index in [1.54, 1.807) is 40.6 Å². The van der Waals surface area contributed by atoms with E-state index in [-0.39, 0.29) is 0 Å². The summed E-state index contributed by atoms with van der Waals surface area (Å²) < 4.78 is 0. The molecule has 0 aliphatic carbocycles. The number of aryl methyl sites for hydroxylation is 2. The second-order valence-electron chi connectivity index (χ2n) is 14.5. The fourth-order valence-corrected chi connectivity index (χ4v) is 31.6. The summed E-state index contributed by atoms with van der Waals surface area (Å²) in [6.45, 7) is 35.1. The van der Waals surface area contributed by atoms with Crippen molar-refractivity contribution in [2.45, 2.75) is 106 Å². The van der Waals surface area contributed by atoms with Crippen LogP contribution in [0, 0.1) is 39.0 Å². The summed E-state index contributed by atoms with van der Waals surface area (Å²) in [5.74, 6) is 0. The number of hydrogen-bond acceptors (Lipinski definition) is 1. The minimum atomic E-state index is -1.94. The minimum absolute atomic E-state index is 0.466. The maximum Gasteiger partial charge on any atom is 0.123 e. The average molecular weight is 642 g/mol. The van der Waals surface area contributed by atoms with Crippen LogP contribution in [0.4, 0.5) is 0 Å². The Morgan fingerprint density at radius 3 is 1.31 bits per heavy atom. The SMILES string of the molecule is Cc1ccc([Si](C)(C)C)pc1[Si](C)(C)c1c(C)c(C)c([Si](C)(C)c2pc([Si](C)(C)C)ccc2C)p1CCC#N. The molecule has 0 N–H and O–H groups in total. The lowest BCUT2D eigenvalue weighted by Crippen LogP contribution is -2.55. The largest absolute Gasteiger partial charge is 0.198 e. The van der Waals surface area contributed by atoms with Crippen molar-refractivity contribution in [1.82, 2.24) is 0 Å². The Morgan fingerprint density at radius 1 is 0.641 bits per heavy atom. The monoisotopic (exact) mass is 641 g/mol. The van der Waals surface area contributed by atoms with Crippen LogP contribution in [0.15, 0.2) is 24.3 Å². The highest BCUT2D eigenvalue weighted by molar-refractivity contribution is 7.67. The van der Waals surface area contributed by atoms with E-state index in [1.165, 1.54) is 27.5 Å². The fourth-order valence-electron chi connectivity index (χ4n) is 6.25. The van der Waals surface area contributed by atoms with Crippen LogP contribution in [-0.4, -0.2) is 32.3 Å². The van der Waals surface area contributed by atoms with Crippen LogP contribution >= 0.6 is 23.9 Å². The van der Waals surface area contributed by atoms with Crippen molar-refractivity contribution >= 4 is 85.7 Å². The van der Waals surface area contributed by atoms with Gasteiger partial charge in [0.15, 0.2) is 0 Å². The predicted molar refractivity (Wildman–Crippen MR) is 196 cm³/mol. The van der Waals surface area contributed by atoms with Crippen molar-refractivity contribution in [1.29, 1.82) is 5.26 Å². The zero-order valence-electron chi connectivity index (χ0n) is 27.0. The Balaban J connectivity index is 2.38. The molecule has 210 valence electrons. The topological polar surface area (TPSA) is 23.8 Å². The van der Waals surface area contributed by atoms with E-state index >= 15 is 0 Å². The molecule has 0 aliphatic heterocycles. The number of rotatable bonds is 8. The van der Waals surface area contributed by atoms with E-state index in [1.807, 2.05) is 0 Å². The molecule has 0 radical (unpaired) electrons. The van der Waals surface area contributed by atoms with Crippen LogP contribution in [0.3, 0.4) is 0 Å². The highest BCUT2D eigenvalue weighted by Gasteiger charge is 2.41. The summed E-state index contributed by atoms with van der Waals surface area (Å²) in [6, 6.07) is 12.3. The summed E-state index contributed by atoms with van der Waals surface area (Å²) in [4.78, 5) is 10.4. The van der Waals surface area contributed by atoms with Gasteiger partial charge >= 0.3 is 0 Å². The molecule has 0 atom stereocenters. The number of nitrogens with zero attached hydrogens (tertiary/aromatic N) is 1. The third-order valence-corrected chi connectivity index (χ3v) is 36.1. The Bertz CT molecular complexity index is 1330. The van der Waals surface area contributed by atoms with Gasteiger partial charge in [0.05, 0.1) is 22.2 Å². The van der Waals surface area contributed by atoms with Gasteiger partial charge in [-0.1, -0.05) is 106 Å². The quantitative estimate of drug-likeness (QED) is 0.231. The lowest BCUT2D eigenvalue weighted by molar-refractivity contribution is 1.16. The summed E-state index contributed by atoms with van der Waals surface area (Å²) in [7, 11) is -4.10. The highest BCUT2D eigenvalue weighted by atomic mass is 31.1. The van der Waals surface area contributed by atoms with Gasteiger partial charge in [-0.25, -0.2) is 0 Å². The van der Waals surface area contributed by atoms with Gasteiger partial charge in [0.25, 0.3) is 0 Å². The van der Waals surface area contributed by atoms with Crippen molar-refractivity contribution in [2.75, 3.05) is 0 Å². The molecule has 3 rings (SSSR count). The Hall–Kier alpha value is -0.562. The first-order valence-corrected chi connectivity index (χ1v) is 30.6. The van der Waals surface area contributed by atoms with Crippen LogP contribution in [0.1, 0.15) is 28.7 Å². The fraction of sp³-hybridized carbons (Fsp3) is 0.516. The van der Waals surface area contributed by atoms with Gasteiger partial charge in [0.2, 0.25) is 0 Å². The molecular weight excluding hydrogens is 592 g/mol. The van der Waals surface area contributed by atoms with Gasteiger partial charge in [0.1, 0.15) is 16.1 Å². The van der Waals surface area contributed by atoms with E-state index in [2.05, 4.69) is 123 Å². The van der Waals surface area contributed by atoms with Crippen molar-refractivity contribution in [2.24, 2.45) is 0 Å². The van der Waals surface area contributed by atoms with Crippen LogP contribution < -0.4 is 29.5 Å². The molecule has 0 amide bonds. The standard InChI is InChI=1S/C31H50NP3Si4/c1-22-16-18-26(36(5,6)7)33-28(22)38(11,12)30-24(3)25(4)31(35(30)21-15-20-32)39(13,14)29-23(2)17-19-27(34-29)37(8,9)10/h16-19H,15,21H2,1-14H3. The van der Waals surface area contributed by atoms with Crippen molar-refractivity contribution in [3.05, 3.63) is 46.5 Å². The molecule has 0 saturated carbocycles. The zero-order valence-corrected chi connectivity index (χ0v) is 33.7. The van der Waals surface area contributed by atoms with Crippen LogP contribution in [0.2, 0.25) is 65.5 Å². The lowest BCUT2D eigenvalue weighted by Gasteiger charge is -2.32. The second-order valence-corrected chi connectivity index (χ2v) is 40.1. The van der Waals surface area contributed by atoms with E-state index in [0.29, 0.717) is 6.42 Å². The molecule has 0 saturated heterocycles. The lowest BCUT2D eigenvalue weighted by atomic mass is 10.2. The molecule has 3 aromatic heterocycles. The molecular formula is C31H50NP3Si4. The van der Waals surface area contributed by atoms with E-state index in [9.17, 15) is 5.26 Å². The minimum Gasteiger partial charge on any atom is -0.198 e. The number of nitriles is 1. The first kappa shape index (κ1) is 32.9. The summed E-state index contributed by atoms with van der Waals surface area (Å²) in [6.07, 6.45) is 1.70. The molecule has 3 aromatic rings. The second kappa shape index (κ2) is 11.6. The van der Waals surface area contributed by atoms with Gasteiger partial charge < -0.3 is 0 Å². The molecule has 0 unspecified atom stereocenters. The molecule has 1 nitrogen and oxygen atoms in total. The van der Waals surface area contributed by atoms with Gasteiger partial charge in [0, 0.05) is 6.42 Å². The van der Waals surface area contributed by atoms with E-state index < -0.39 is 39.8 Å². The first-order valence-electron chi connectivity index (χ1n) is 14.3. The molecule has 0 bridgehead atoms. The van der Waals surface area contributed by atoms with Gasteiger partial charge in [-0.15, -0.1) is 7.53 Å². The van der Waals surface area contributed by atoms with Crippen LogP contribution in [-0.2, 0) is 6.16 Å². The third kappa shape index (κ3) is 6.44. The van der Waals surface area contributed by atoms with Crippen molar-refractivity contribution in [3.8, 4) is 6.07 Å². The predicted octanol–water partition coefficient (Wildman–Crippen LogP) is 7.72. The molecule has 39 heavy (non-hydrogen) atoms. The summed E-state index contributed by atoms with van der Waals surface area (Å²) >= 11 is 0. The molecule has 8 heteroatoms. The first-order chi connectivity index (χ1) is 17.8. The van der Waals surface area contributed by atoms with E-state index in [4.69, 9.17) is 0 Å². The normalized spacial score (nSPS) is 13.9. The molecule has 0 fully saturated rings. The number of hydrogen-bond donors (Lipinski definition) is 0. The zero-order chi connectivity index (χ0) is 29.7.